The van der Waals surface area contributed by atoms with Crippen molar-refractivity contribution >= 4 is 9.84 Å². The van der Waals surface area contributed by atoms with Gasteiger partial charge >= 0.3 is 5.92 Å². The molecule has 0 heterocycles. The molecule has 10 heteroatoms. The first-order chi connectivity index (χ1) is 10.5. The van der Waals surface area contributed by atoms with Gasteiger partial charge in [-0.05, 0) is 18.6 Å². The number of halogens is 5. The molecule has 1 aromatic carbocycles. The van der Waals surface area contributed by atoms with E-state index in [0.29, 0.717) is 0 Å². The third-order valence-electron chi connectivity index (χ3n) is 4.13. The Morgan fingerprint density at radius 1 is 1.29 bits per heavy atom. The molecule has 0 amide bonds. The number of hydrogen-bond acceptors (Lipinski definition) is 4. The number of ether oxygens (including phenoxy) is 1. The summed E-state index contributed by atoms with van der Waals surface area (Å²) in [7, 11) is -3.95. The van der Waals surface area contributed by atoms with Crippen molar-refractivity contribution in [1.82, 2.24) is 0 Å². The molecule has 0 bridgehead atoms. The van der Waals surface area contributed by atoms with E-state index >= 15 is 0 Å². The second-order valence-corrected chi connectivity index (χ2v) is 7.91. The lowest BCUT2D eigenvalue weighted by Gasteiger charge is -2.16. The van der Waals surface area contributed by atoms with Crippen LogP contribution < -0.4 is 4.74 Å². The van der Waals surface area contributed by atoms with Crippen LogP contribution in [0.15, 0.2) is 17.0 Å². The highest BCUT2D eigenvalue weighted by molar-refractivity contribution is 7.90. The summed E-state index contributed by atoms with van der Waals surface area (Å²) in [4.78, 5) is -0.568. The van der Waals surface area contributed by atoms with Gasteiger partial charge in [-0.1, -0.05) is 0 Å². The number of aliphatic hydroxyl groups is 1. The largest absolute Gasteiger partial charge is 0.493 e. The standard InChI is InChI=1S/C14H14F4O4S.FH/c1-23(20,21)9-3-2-8(22-5-6-4-7(6)15)10-11(9)13(19)14(17,18)12(10)16;/h2-3,6-7,12-13,19H,4-5H2,1H3;1H/t6-,7?,12+,13-;/m0./s1. The Morgan fingerprint density at radius 2 is 1.88 bits per heavy atom. The molecule has 0 aromatic heterocycles. The zero-order chi connectivity index (χ0) is 17.2. The van der Waals surface area contributed by atoms with E-state index in [-0.39, 0.29) is 29.4 Å². The lowest BCUT2D eigenvalue weighted by Crippen LogP contribution is -2.24. The summed E-state index contributed by atoms with van der Waals surface area (Å²) in [6.45, 7) is -0.125. The van der Waals surface area contributed by atoms with Crippen LogP contribution in [0.3, 0.4) is 0 Å². The van der Waals surface area contributed by atoms with Gasteiger partial charge < -0.3 is 9.84 Å². The minimum atomic E-state index is -4.16. The topological polar surface area (TPSA) is 63.6 Å². The van der Waals surface area contributed by atoms with E-state index in [1.807, 2.05) is 0 Å². The Labute approximate surface area is 134 Å². The van der Waals surface area contributed by atoms with Gasteiger partial charge in [-0.15, -0.1) is 0 Å². The normalized spacial score (nSPS) is 30.4. The Kier molecular flexibility index (Phi) is 4.60. The minimum absolute atomic E-state index is 0. The summed E-state index contributed by atoms with van der Waals surface area (Å²) < 4.78 is 83.2. The lowest BCUT2D eigenvalue weighted by molar-refractivity contribution is -0.144. The SMILES string of the molecule is CS(=O)(=O)c1ccc(OC[C@@H]2CC2F)c2c1[C@H](O)C(F)(F)[C@@H]2F.F. The minimum Gasteiger partial charge on any atom is -0.493 e. The first-order valence-corrected chi connectivity index (χ1v) is 8.78. The second kappa shape index (κ2) is 5.83. The second-order valence-electron chi connectivity index (χ2n) is 5.92. The molecule has 0 saturated heterocycles. The van der Waals surface area contributed by atoms with Crippen molar-refractivity contribution in [3.63, 3.8) is 0 Å². The van der Waals surface area contributed by atoms with Gasteiger partial charge in [-0.2, -0.15) is 8.78 Å². The Balaban J connectivity index is 0.00000208. The fraction of sp³-hybridized carbons (Fsp3) is 0.571. The van der Waals surface area contributed by atoms with Crippen molar-refractivity contribution in [2.45, 2.75) is 35.7 Å². The van der Waals surface area contributed by atoms with Crippen molar-refractivity contribution in [1.29, 1.82) is 0 Å². The molecule has 0 radical (unpaired) electrons. The maximum Gasteiger partial charge on any atom is 0.312 e. The Hall–Kier alpha value is -1.42. The molecule has 1 N–H and O–H groups in total. The molecule has 1 unspecified atom stereocenters. The summed E-state index contributed by atoms with van der Waals surface area (Å²) in [5.74, 6) is -4.84. The van der Waals surface area contributed by atoms with E-state index in [9.17, 15) is 31.1 Å². The van der Waals surface area contributed by atoms with Crippen LogP contribution in [0, 0.1) is 5.92 Å². The molecule has 2 aliphatic rings. The van der Waals surface area contributed by atoms with Gasteiger partial charge in [0.1, 0.15) is 18.0 Å². The third kappa shape index (κ3) is 2.85. The monoisotopic (exact) mass is 374 g/mol. The average Bonchev–Trinajstić information content (AvgIpc) is 3.12. The number of fused-ring (bicyclic) bond motifs is 1. The summed E-state index contributed by atoms with van der Waals surface area (Å²) in [6, 6.07) is 2.05. The predicted molar refractivity (Wildman–Crippen MR) is 74.3 cm³/mol. The summed E-state index contributed by atoms with van der Waals surface area (Å²) in [5.41, 5.74) is -1.36. The molecule has 136 valence electrons. The molecule has 3 rings (SSSR count). The molecule has 24 heavy (non-hydrogen) atoms. The van der Waals surface area contributed by atoms with E-state index in [2.05, 4.69) is 0 Å². The van der Waals surface area contributed by atoms with E-state index in [4.69, 9.17) is 4.74 Å². The van der Waals surface area contributed by atoms with Crippen LogP contribution in [-0.4, -0.2) is 38.5 Å². The van der Waals surface area contributed by atoms with E-state index in [1.165, 1.54) is 0 Å². The average molecular weight is 374 g/mol. The Bertz CT molecular complexity index is 752. The molecular formula is C14H15F5O4S. The quantitative estimate of drug-likeness (QED) is 0.823. The van der Waals surface area contributed by atoms with Crippen molar-refractivity contribution in [3.05, 3.63) is 23.3 Å². The number of rotatable bonds is 4. The van der Waals surface area contributed by atoms with Gasteiger partial charge in [0.05, 0.1) is 11.5 Å². The summed E-state index contributed by atoms with van der Waals surface area (Å²) in [5, 5.41) is 9.71. The zero-order valence-electron chi connectivity index (χ0n) is 12.4. The van der Waals surface area contributed by atoms with Crippen LogP contribution in [0.25, 0.3) is 0 Å². The van der Waals surface area contributed by atoms with Crippen LogP contribution >= 0.6 is 0 Å². The Morgan fingerprint density at radius 3 is 2.38 bits per heavy atom. The van der Waals surface area contributed by atoms with Crippen LogP contribution in [-0.2, 0) is 9.84 Å². The smallest absolute Gasteiger partial charge is 0.312 e. The van der Waals surface area contributed by atoms with E-state index < -0.39 is 50.2 Å². The highest BCUT2D eigenvalue weighted by Gasteiger charge is 2.59. The molecule has 1 aromatic rings. The fourth-order valence-electron chi connectivity index (χ4n) is 2.69. The van der Waals surface area contributed by atoms with Crippen LogP contribution in [0.1, 0.15) is 29.8 Å². The molecule has 2 aliphatic carbocycles. The molecule has 4 atom stereocenters. The number of alkyl halides is 4. The third-order valence-corrected chi connectivity index (χ3v) is 5.28. The molecule has 0 aliphatic heterocycles. The maximum atomic E-state index is 14.1. The number of sulfone groups is 1. The highest BCUT2D eigenvalue weighted by atomic mass is 32.2. The van der Waals surface area contributed by atoms with Crippen molar-refractivity contribution in [2.24, 2.45) is 5.92 Å². The summed E-state index contributed by atoms with van der Waals surface area (Å²) >= 11 is 0. The lowest BCUT2D eigenvalue weighted by atomic mass is 10.1. The van der Waals surface area contributed by atoms with Crippen LogP contribution in [0.2, 0.25) is 0 Å². The van der Waals surface area contributed by atoms with Crippen LogP contribution in [0.4, 0.5) is 22.3 Å². The van der Waals surface area contributed by atoms with Gasteiger partial charge in [-0.25, -0.2) is 17.2 Å². The van der Waals surface area contributed by atoms with Crippen molar-refractivity contribution < 1.29 is 40.5 Å². The number of benzene rings is 1. The van der Waals surface area contributed by atoms with Gasteiger partial charge in [0, 0.05) is 23.3 Å². The van der Waals surface area contributed by atoms with Gasteiger partial charge in [0.2, 0.25) is 0 Å². The van der Waals surface area contributed by atoms with E-state index in [1.54, 1.807) is 0 Å². The maximum absolute atomic E-state index is 14.1. The zero-order valence-corrected chi connectivity index (χ0v) is 13.2. The molecule has 1 fully saturated rings. The van der Waals surface area contributed by atoms with E-state index in [0.717, 1.165) is 18.4 Å². The van der Waals surface area contributed by atoms with Gasteiger partial charge in [0.25, 0.3) is 0 Å². The van der Waals surface area contributed by atoms with Crippen molar-refractivity contribution in [3.8, 4) is 5.75 Å². The fourth-order valence-corrected chi connectivity index (χ4v) is 3.63. The first kappa shape index (κ1) is 18.9. The number of hydrogen-bond donors (Lipinski definition) is 1. The van der Waals surface area contributed by atoms with Gasteiger partial charge in [-0.3, -0.25) is 4.70 Å². The van der Waals surface area contributed by atoms with Gasteiger partial charge in [0.15, 0.2) is 16.0 Å². The molecule has 0 spiro atoms. The predicted octanol–water partition coefficient (Wildman–Crippen LogP) is 2.67. The van der Waals surface area contributed by atoms with Crippen molar-refractivity contribution in [2.75, 3.05) is 12.9 Å². The highest BCUT2D eigenvalue weighted by Crippen LogP contribution is 2.57. The van der Waals surface area contributed by atoms with Crippen LogP contribution in [0.5, 0.6) is 5.75 Å². The molecule has 4 nitrogen and oxygen atoms in total. The summed E-state index contributed by atoms with van der Waals surface area (Å²) in [6.07, 6.45) is -5.47. The number of aliphatic hydroxyl groups excluding tert-OH is 1. The first-order valence-electron chi connectivity index (χ1n) is 6.88. The molecule has 1 saturated carbocycles. The molecular weight excluding hydrogens is 359 g/mol.